The molecule has 3 heteroatoms. The Balaban J connectivity index is 2.52. The number of imidazole rings is 1. The van der Waals surface area contributed by atoms with Crippen molar-refractivity contribution >= 4 is 5.76 Å². The molecular formula is C9H12N2O. The third kappa shape index (κ3) is 1.02. The summed E-state index contributed by atoms with van der Waals surface area (Å²) in [5, 5.41) is 0. The highest BCUT2D eigenvalue weighted by atomic mass is 16.5. The standard InChI is InChI=1S/C9H12N2O/c1-7(2)8-9-10-3-4-11(9)5-6-12-8/h3-4H,5-6H2,1-2H3. The van der Waals surface area contributed by atoms with E-state index in [0.717, 1.165) is 24.7 Å². The maximum Gasteiger partial charge on any atom is 0.175 e. The van der Waals surface area contributed by atoms with Gasteiger partial charge in [0, 0.05) is 12.4 Å². The molecule has 0 amide bonds. The van der Waals surface area contributed by atoms with Gasteiger partial charge < -0.3 is 9.30 Å². The monoisotopic (exact) mass is 164 g/mol. The minimum atomic E-state index is 0.754. The first-order valence-corrected chi connectivity index (χ1v) is 4.11. The molecule has 0 fully saturated rings. The molecule has 2 heterocycles. The van der Waals surface area contributed by atoms with Gasteiger partial charge in [0.25, 0.3) is 0 Å². The Labute approximate surface area is 71.7 Å². The highest BCUT2D eigenvalue weighted by Gasteiger charge is 2.16. The van der Waals surface area contributed by atoms with E-state index in [0.29, 0.717) is 0 Å². The molecule has 0 aromatic carbocycles. The first-order valence-electron chi connectivity index (χ1n) is 4.11. The molecule has 0 saturated heterocycles. The van der Waals surface area contributed by atoms with E-state index in [1.165, 1.54) is 5.57 Å². The van der Waals surface area contributed by atoms with Crippen LogP contribution in [-0.2, 0) is 11.3 Å². The van der Waals surface area contributed by atoms with Crippen LogP contribution in [0.15, 0.2) is 18.0 Å². The summed E-state index contributed by atoms with van der Waals surface area (Å²) >= 11 is 0. The Kier molecular flexibility index (Phi) is 1.64. The normalized spacial score (nSPS) is 15.3. The fraction of sp³-hybridized carbons (Fsp3) is 0.444. The number of ether oxygens (including phenoxy) is 1. The van der Waals surface area contributed by atoms with Crippen molar-refractivity contribution in [1.29, 1.82) is 0 Å². The Morgan fingerprint density at radius 1 is 1.58 bits per heavy atom. The summed E-state index contributed by atoms with van der Waals surface area (Å²) in [6, 6.07) is 0. The zero-order valence-electron chi connectivity index (χ0n) is 7.37. The lowest BCUT2D eigenvalue weighted by molar-refractivity contribution is 0.233. The largest absolute Gasteiger partial charge is 0.488 e. The van der Waals surface area contributed by atoms with Crippen LogP contribution in [-0.4, -0.2) is 16.2 Å². The van der Waals surface area contributed by atoms with Crippen molar-refractivity contribution in [3.63, 3.8) is 0 Å². The van der Waals surface area contributed by atoms with Crippen molar-refractivity contribution < 1.29 is 4.74 Å². The van der Waals surface area contributed by atoms with Gasteiger partial charge in [-0.05, 0) is 19.4 Å². The van der Waals surface area contributed by atoms with E-state index in [4.69, 9.17) is 4.74 Å². The van der Waals surface area contributed by atoms with Crippen molar-refractivity contribution in [2.75, 3.05) is 6.61 Å². The van der Waals surface area contributed by atoms with Crippen LogP contribution in [0, 0.1) is 0 Å². The predicted octanol–water partition coefficient (Wildman–Crippen LogP) is 1.66. The maximum atomic E-state index is 5.52. The van der Waals surface area contributed by atoms with Crippen LogP contribution in [0.25, 0.3) is 5.76 Å². The summed E-state index contributed by atoms with van der Waals surface area (Å²) in [6.07, 6.45) is 3.80. The van der Waals surface area contributed by atoms with Gasteiger partial charge in [-0.15, -0.1) is 0 Å². The number of aromatic nitrogens is 2. The van der Waals surface area contributed by atoms with Gasteiger partial charge in [-0.3, -0.25) is 0 Å². The molecule has 0 saturated carbocycles. The lowest BCUT2D eigenvalue weighted by atomic mass is 10.2. The quantitative estimate of drug-likeness (QED) is 0.583. The fourth-order valence-corrected chi connectivity index (χ4v) is 1.38. The Morgan fingerprint density at radius 2 is 2.42 bits per heavy atom. The number of allylic oxidation sites excluding steroid dienone is 1. The maximum absolute atomic E-state index is 5.52. The van der Waals surface area contributed by atoms with Crippen LogP contribution in [0.5, 0.6) is 0 Å². The smallest absolute Gasteiger partial charge is 0.175 e. The van der Waals surface area contributed by atoms with Gasteiger partial charge in [0.05, 0.1) is 6.54 Å². The van der Waals surface area contributed by atoms with E-state index in [2.05, 4.69) is 9.55 Å². The van der Waals surface area contributed by atoms with Gasteiger partial charge in [-0.25, -0.2) is 4.98 Å². The molecule has 1 aromatic heterocycles. The van der Waals surface area contributed by atoms with Gasteiger partial charge in [-0.1, -0.05) is 0 Å². The number of hydrogen-bond donors (Lipinski definition) is 0. The summed E-state index contributed by atoms with van der Waals surface area (Å²) in [6.45, 7) is 5.75. The van der Waals surface area contributed by atoms with Crippen molar-refractivity contribution in [3.05, 3.63) is 23.8 Å². The SMILES string of the molecule is CC(C)=C1OCCn2ccnc21. The molecular weight excluding hydrogens is 152 g/mol. The van der Waals surface area contributed by atoms with Crippen molar-refractivity contribution in [3.8, 4) is 0 Å². The third-order valence-electron chi connectivity index (χ3n) is 1.95. The first kappa shape index (κ1) is 7.40. The van der Waals surface area contributed by atoms with Gasteiger partial charge in [-0.2, -0.15) is 0 Å². The van der Waals surface area contributed by atoms with Crippen LogP contribution in [0.1, 0.15) is 19.7 Å². The minimum absolute atomic E-state index is 0.754. The summed E-state index contributed by atoms with van der Waals surface area (Å²) in [5.74, 6) is 1.90. The highest BCUT2D eigenvalue weighted by molar-refractivity contribution is 5.57. The van der Waals surface area contributed by atoms with Gasteiger partial charge in [0.15, 0.2) is 11.6 Å². The molecule has 0 bridgehead atoms. The van der Waals surface area contributed by atoms with Crippen LogP contribution in [0.4, 0.5) is 0 Å². The second-order valence-electron chi connectivity index (χ2n) is 3.12. The molecule has 1 aromatic rings. The summed E-state index contributed by atoms with van der Waals surface area (Å²) in [4.78, 5) is 4.24. The minimum Gasteiger partial charge on any atom is -0.488 e. The number of rotatable bonds is 0. The molecule has 1 aliphatic heterocycles. The van der Waals surface area contributed by atoms with Gasteiger partial charge >= 0.3 is 0 Å². The molecule has 0 atom stereocenters. The van der Waals surface area contributed by atoms with Crippen LogP contribution in [0.2, 0.25) is 0 Å². The van der Waals surface area contributed by atoms with E-state index < -0.39 is 0 Å². The number of nitrogens with zero attached hydrogens (tertiary/aromatic N) is 2. The molecule has 64 valence electrons. The number of fused-ring (bicyclic) bond motifs is 1. The average Bonchev–Trinajstić information content (AvgIpc) is 2.49. The van der Waals surface area contributed by atoms with Crippen LogP contribution in [0.3, 0.4) is 0 Å². The zero-order valence-corrected chi connectivity index (χ0v) is 7.37. The van der Waals surface area contributed by atoms with E-state index in [1.54, 1.807) is 0 Å². The molecule has 12 heavy (non-hydrogen) atoms. The van der Waals surface area contributed by atoms with E-state index >= 15 is 0 Å². The second kappa shape index (κ2) is 2.66. The number of hydrogen-bond acceptors (Lipinski definition) is 2. The molecule has 1 aliphatic rings. The molecule has 0 spiro atoms. The van der Waals surface area contributed by atoms with Gasteiger partial charge in [0.2, 0.25) is 0 Å². The molecule has 2 rings (SSSR count). The Hall–Kier alpha value is -1.25. The van der Waals surface area contributed by atoms with E-state index in [-0.39, 0.29) is 0 Å². The molecule has 0 aliphatic carbocycles. The van der Waals surface area contributed by atoms with Crippen LogP contribution < -0.4 is 0 Å². The summed E-state index contributed by atoms with van der Waals surface area (Å²) in [5.41, 5.74) is 1.18. The fourth-order valence-electron chi connectivity index (χ4n) is 1.38. The zero-order chi connectivity index (χ0) is 8.55. The molecule has 0 N–H and O–H groups in total. The second-order valence-corrected chi connectivity index (χ2v) is 3.12. The highest BCUT2D eigenvalue weighted by Crippen LogP contribution is 2.21. The van der Waals surface area contributed by atoms with E-state index in [1.807, 2.05) is 26.2 Å². The van der Waals surface area contributed by atoms with E-state index in [9.17, 15) is 0 Å². The van der Waals surface area contributed by atoms with Gasteiger partial charge in [0.1, 0.15) is 6.61 Å². The van der Waals surface area contributed by atoms with Crippen molar-refractivity contribution in [1.82, 2.24) is 9.55 Å². The van der Waals surface area contributed by atoms with Crippen molar-refractivity contribution in [2.45, 2.75) is 20.4 Å². The van der Waals surface area contributed by atoms with Crippen LogP contribution >= 0.6 is 0 Å². The summed E-state index contributed by atoms with van der Waals surface area (Å²) < 4.78 is 7.64. The first-order chi connectivity index (χ1) is 5.79. The third-order valence-corrected chi connectivity index (χ3v) is 1.95. The Bertz CT molecular complexity index is 321. The molecule has 0 radical (unpaired) electrons. The topological polar surface area (TPSA) is 27.1 Å². The van der Waals surface area contributed by atoms with Crippen molar-refractivity contribution in [2.24, 2.45) is 0 Å². The lowest BCUT2D eigenvalue weighted by Gasteiger charge is -2.19. The average molecular weight is 164 g/mol. The lowest BCUT2D eigenvalue weighted by Crippen LogP contribution is -2.16. The summed E-state index contributed by atoms with van der Waals surface area (Å²) in [7, 11) is 0. The molecule has 3 nitrogen and oxygen atoms in total. The molecule has 0 unspecified atom stereocenters. The Morgan fingerprint density at radius 3 is 3.17 bits per heavy atom. The predicted molar refractivity (Wildman–Crippen MR) is 46.4 cm³/mol.